The summed E-state index contributed by atoms with van der Waals surface area (Å²) >= 11 is 0. The average Bonchev–Trinajstić information content (AvgIpc) is 3.12. The van der Waals surface area contributed by atoms with Crippen LogP contribution < -0.4 is 5.32 Å². The van der Waals surface area contributed by atoms with Crippen LogP contribution in [0.25, 0.3) is 11.0 Å². The molecule has 1 N–H and O–H groups in total. The second-order valence-corrected chi connectivity index (χ2v) is 9.07. The molecule has 0 spiro atoms. The predicted molar refractivity (Wildman–Crippen MR) is 113 cm³/mol. The second-order valence-electron chi connectivity index (χ2n) is 7.14. The highest BCUT2D eigenvalue weighted by atomic mass is 32.2. The number of nitrogens with one attached hydrogen (secondary N) is 1. The zero-order valence-electron chi connectivity index (χ0n) is 17.6. The van der Waals surface area contributed by atoms with Crippen LogP contribution in [0.1, 0.15) is 25.6 Å². The Labute approximate surface area is 177 Å². The van der Waals surface area contributed by atoms with Crippen LogP contribution in [-0.4, -0.2) is 74.7 Å². The Bertz CT molecular complexity index is 967. The lowest BCUT2D eigenvalue weighted by atomic mass is 10.2. The second kappa shape index (κ2) is 10.3. The molecular weight excluding hydrogens is 408 g/mol. The molecule has 3 rings (SSSR count). The van der Waals surface area contributed by atoms with E-state index in [2.05, 4.69) is 10.3 Å². The largest absolute Gasteiger partial charge is 0.385 e. The summed E-state index contributed by atoms with van der Waals surface area (Å²) in [6.07, 6.45) is 1.59. The first-order chi connectivity index (χ1) is 14.5. The first-order valence-electron chi connectivity index (χ1n) is 10.3. The third kappa shape index (κ3) is 5.18. The van der Waals surface area contributed by atoms with E-state index in [9.17, 15) is 13.2 Å². The van der Waals surface area contributed by atoms with Gasteiger partial charge in [-0.1, -0.05) is 0 Å². The first kappa shape index (κ1) is 22.7. The molecular formula is C20H30N4O5S. The summed E-state index contributed by atoms with van der Waals surface area (Å²) in [5.74, 6) is 0.747. The van der Waals surface area contributed by atoms with Gasteiger partial charge in [-0.3, -0.25) is 4.79 Å². The van der Waals surface area contributed by atoms with Gasteiger partial charge in [0.15, 0.2) is 0 Å². The Kier molecular flexibility index (Phi) is 7.81. The number of carbonyl (C=O) groups is 1. The minimum Gasteiger partial charge on any atom is -0.385 e. The van der Waals surface area contributed by atoms with Crippen LogP contribution in [-0.2, 0) is 37.3 Å². The van der Waals surface area contributed by atoms with E-state index < -0.39 is 10.0 Å². The lowest BCUT2D eigenvalue weighted by Crippen LogP contribution is -2.40. The molecule has 0 atom stereocenters. The molecule has 1 aromatic carbocycles. The fourth-order valence-electron chi connectivity index (χ4n) is 3.56. The lowest BCUT2D eigenvalue weighted by molar-refractivity contribution is -0.121. The minimum atomic E-state index is -3.57. The van der Waals surface area contributed by atoms with Crippen LogP contribution in [0.2, 0.25) is 0 Å². The van der Waals surface area contributed by atoms with Crippen molar-refractivity contribution in [2.75, 3.05) is 46.6 Å². The number of morpholine rings is 1. The Morgan fingerprint density at radius 3 is 2.77 bits per heavy atom. The number of sulfonamides is 1. The normalized spacial score (nSPS) is 15.5. The number of hydrogen-bond acceptors (Lipinski definition) is 6. The summed E-state index contributed by atoms with van der Waals surface area (Å²) in [5.41, 5.74) is 1.50. The van der Waals surface area contributed by atoms with Crippen molar-refractivity contribution in [3.8, 4) is 0 Å². The summed E-state index contributed by atoms with van der Waals surface area (Å²) in [4.78, 5) is 16.9. The van der Waals surface area contributed by atoms with Crippen molar-refractivity contribution >= 4 is 27.0 Å². The number of rotatable bonds is 10. The van der Waals surface area contributed by atoms with Crippen LogP contribution in [0.3, 0.4) is 0 Å². The molecule has 166 valence electrons. The molecule has 1 amide bonds. The Morgan fingerprint density at radius 1 is 1.30 bits per heavy atom. The highest BCUT2D eigenvalue weighted by Gasteiger charge is 2.27. The van der Waals surface area contributed by atoms with Gasteiger partial charge in [0.25, 0.3) is 0 Å². The third-order valence-corrected chi connectivity index (χ3v) is 7.04. The van der Waals surface area contributed by atoms with Gasteiger partial charge in [-0.15, -0.1) is 0 Å². The molecule has 30 heavy (non-hydrogen) atoms. The number of amides is 1. The van der Waals surface area contributed by atoms with E-state index in [1.165, 1.54) is 4.31 Å². The van der Waals surface area contributed by atoms with E-state index in [-0.39, 0.29) is 10.8 Å². The Morgan fingerprint density at radius 2 is 2.07 bits per heavy atom. The maximum Gasteiger partial charge on any atom is 0.243 e. The molecule has 2 aromatic rings. The summed E-state index contributed by atoms with van der Waals surface area (Å²) in [7, 11) is -1.94. The van der Waals surface area contributed by atoms with Crippen molar-refractivity contribution in [2.24, 2.45) is 0 Å². The van der Waals surface area contributed by atoms with Crippen molar-refractivity contribution in [2.45, 2.75) is 37.6 Å². The van der Waals surface area contributed by atoms with Gasteiger partial charge >= 0.3 is 0 Å². The molecule has 0 bridgehead atoms. The summed E-state index contributed by atoms with van der Waals surface area (Å²) in [5, 5.41) is 2.87. The monoisotopic (exact) mass is 438 g/mol. The van der Waals surface area contributed by atoms with Gasteiger partial charge in [0, 0.05) is 52.7 Å². The molecule has 1 aliphatic heterocycles. The smallest absolute Gasteiger partial charge is 0.243 e. The van der Waals surface area contributed by atoms with Crippen molar-refractivity contribution in [1.29, 1.82) is 0 Å². The summed E-state index contributed by atoms with van der Waals surface area (Å²) < 4.78 is 39.6. The zero-order valence-corrected chi connectivity index (χ0v) is 18.4. The lowest BCUT2D eigenvalue weighted by Gasteiger charge is -2.26. The zero-order chi connectivity index (χ0) is 21.6. The number of methoxy groups -OCH3 is 1. The summed E-state index contributed by atoms with van der Waals surface area (Å²) in [6, 6.07) is 5.06. The van der Waals surface area contributed by atoms with Crippen LogP contribution in [0.4, 0.5) is 0 Å². The first-order valence-corrected chi connectivity index (χ1v) is 11.7. The SMILES string of the molecule is CCn1c(CCC(=O)NCCCOC)nc2cc(S(=O)(=O)N3CCOCC3)ccc21. The highest BCUT2D eigenvalue weighted by molar-refractivity contribution is 7.89. The third-order valence-electron chi connectivity index (χ3n) is 5.15. The maximum absolute atomic E-state index is 12.9. The van der Waals surface area contributed by atoms with Crippen LogP contribution in [0.15, 0.2) is 23.1 Å². The van der Waals surface area contributed by atoms with Crippen molar-refractivity contribution in [3.63, 3.8) is 0 Å². The van der Waals surface area contributed by atoms with Gasteiger partial charge in [0.2, 0.25) is 15.9 Å². The molecule has 1 aliphatic rings. The molecule has 10 heteroatoms. The van der Waals surface area contributed by atoms with E-state index in [0.29, 0.717) is 64.4 Å². The summed E-state index contributed by atoms with van der Waals surface area (Å²) in [6.45, 7) is 5.42. The molecule has 0 unspecified atom stereocenters. The fourth-order valence-corrected chi connectivity index (χ4v) is 4.99. The van der Waals surface area contributed by atoms with E-state index in [1.807, 2.05) is 11.5 Å². The van der Waals surface area contributed by atoms with Crippen LogP contribution in [0, 0.1) is 0 Å². The molecule has 0 saturated carbocycles. The molecule has 1 aromatic heterocycles. The molecule has 1 fully saturated rings. The number of aryl methyl sites for hydroxylation is 2. The van der Waals surface area contributed by atoms with E-state index in [1.54, 1.807) is 25.3 Å². The quantitative estimate of drug-likeness (QED) is 0.559. The van der Waals surface area contributed by atoms with E-state index in [4.69, 9.17) is 9.47 Å². The Hall–Kier alpha value is -2.01. The standard InChI is InChI=1S/C20H30N4O5S/c1-3-24-18-6-5-16(30(26,27)23-10-13-29-14-11-23)15-17(18)22-19(24)7-8-20(25)21-9-4-12-28-2/h5-6,15H,3-4,7-14H2,1-2H3,(H,21,25). The number of fused-ring (bicyclic) bond motifs is 1. The highest BCUT2D eigenvalue weighted by Crippen LogP contribution is 2.24. The van der Waals surface area contributed by atoms with Gasteiger partial charge in [0.1, 0.15) is 5.82 Å². The van der Waals surface area contributed by atoms with E-state index in [0.717, 1.165) is 17.8 Å². The van der Waals surface area contributed by atoms with Crippen molar-refractivity contribution < 1.29 is 22.7 Å². The Balaban J connectivity index is 1.74. The van der Waals surface area contributed by atoms with Crippen molar-refractivity contribution in [1.82, 2.24) is 19.2 Å². The van der Waals surface area contributed by atoms with Crippen LogP contribution >= 0.6 is 0 Å². The van der Waals surface area contributed by atoms with Crippen LogP contribution in [0.5, 0.6) is 0 Å². The average molecular weight is 439 g/mol. The maximum atomic E-state index is 12.9. The molecule has 9 nitrogen and oxygen atoms in total. The van der Waals surface area contributed by atoms with Crippen molar-refractivity contribution in [3.05, 3.63) is 24.0 Å². The predicted octanol–water partition coefficient (Wildman–Crippen LogP) is 1.16. The fraction of sp³-hybridized carbons (Fsp3) is 0.600. The number of aromatic nitrogens is 2. The molecule has 1 saturated heterocycles. The molecule has 2 heterocycles. The van der Waals surface area contributed by atoms with E-state index >= 15 is 0 Å². The van der Waals surface area contributed by atoms with Gasteiger partial charge in [-0.2, -0.15) is 4.31 Å². The molecule has 0 aliphatic carbocycles. The van der Waals surface area contributed by atoms with Gasteiger partial charge in [-0.05, 0) is 31.5 Å². The topological polar surface area (TPSA) is 103 Å². The van der Waals surface area contributed by atoms with Gasteiger partial charge in [0.05, 0.1) is 29.1 Å². The number of carbonyl (C=O) groups excluding carboxylic acids is 1. The number of imidazole rings is 1. The van der Waals surface area contributed by atoms with Gasteiger partial charge in [-0.25, -0.2) is 13.4 Å². The number of ether oxygens (including phenoxy) is 2. The van der Waals surface area contributed by atoms with Gasteiger partial charge < -0.3 is 19.4 Å². The minimum absolute atomic E-state index is 0.0311. The number of hydrogen-bond donors (Lipinski definition) is 1. The number of benzene rings is 1. The number of nitrogens with zero attached hydrogens (tertiary/aromatic N) is 3. The molecule has 0 radical (unpaired) electrons.